The van der Waals surface area contributed by atoms with E-state index in [0.29, 0.717) is 11.8 Å². The maximum absolute atomic E-state index is 11.7. The molecule has 2 N–H and O–H groups in total. The van der Waals surface area contributed by atoms with Crippen LogP contribution in [0.3, 0.4) is 0 Å². The lowest BCUT2D eigenvalue weighted by Gasteiger charge is -2.53. The van der Waals surface area contributed by atoms with E-state index in [4.69, 9.17) is 21.6 Å². The lowest BCUT2D eigenvalue weighted by Crippen LogP contribution is -2.55. The van der Waals surface area contributed by atoms with Gasteiger partial charge in [-0.05, 0) is 91.9 Å². The molecule has 0 amide bonds. The fourth-order valence-corrected chi connectivity index (χ4v) is 11.7. The molecule has 4 saturated carbocycles. The Labute approximate surface area is 289 Å². The molecule has 0 aromatic heterocycles. The minimum atomic E-state index is -0.498. The van der Waals surface area contributed by atoms with Crippen LogP contribution >= 0.6 is 32.0 Å². The summed E-state index contributed by atoms with van der Waals surface area (Å²) in [4.78, 5) is 0. The van der Waals surface area contributed by atoms with Crippen LogP contribution in [0.5, 0.6) is 0 Å². The second-order valence-electron chi connectivity index (χ2n) is 17.2. The van der Waals surface area contributed by atoms with E-state index in [0.717, 1.165) is 76.4 Å². The number of fused-ring (bicyclic) bond motifs is 2. The number of aliphatic hydroxyl groups excluding tert-OH is 2. The quantitative estimate of drug-likeness (QED) is 0.190. The molecule has 14 atom stereocenters. The van der Waals surface area contributed by atoms with Gasteiger partial charge in [0.25, 0.3) is 0 Å². The predicted molar refractivity (Wildman–Crippen MR) is 188 cm³/mol. The molecular weight excluding hydrogens is 702 g/mol. The highest BCUT2D eigenvalue weighted by Gasteiger charge is 2.53. The largest absolute Gasteiger partial charge is 0.432 e. The van der Waals surface area contributed by atoms with Gasteiger partial charge in [-0.2, -0.15) is 0 Å². The summed E-state index contributed by atoms with van der Waals surface area (Å²) in [6, 6.07) is 0. The van der Waals surface area contributed by atoms with Crippen molar-refractivity contribution in [2.75, 3.05) is 14.2 Å². The van der Waals surface area contributed by atoms with Gasteiger partial charge in [0.15, 0.2) is 32.0 Å². The van der Waals surface area contributed by atoms with Gasteiger partial charge in [-0.15, -0.1) is 0 Å². The first-order valence-corrected chi connectivity index (χ1v) is 19.5. The van der Waals surface area contributed by atoms with E-state index >= 15 is 0 Å². The molecule has 0 bridgehead atoms. The van der Waals surface area contributed by atoms with E-state index in [1.807, 2.05) is 14.2 Å². The molecule has 0 aliphatic heterocycles. The summed E-state index contributed by atoms with van der Waals surface area (Å²) in [6.07, 6.45) is 10.3. The van der Waals surface area contributed by atoms with Gasteiger partial charge in [0.2, 0.25) is 0 Å². The Hall–Kier alpha value is 0.460. The smallest absolute Gasteiger partial charge is 0.192 e. The number of ether oxygens (including phenoxy) is 2. The molecule has 45 heavy (non-hydrogen) atoms. The number of allylic oxidation sites excluding steroid dienone is 1. The lowest BCUT2D eigenvalue weighted by atomic mass is 9.57. The van der Waals surface area contributed by atoms with E-state index in [1.165, 1.54) is 5.57 Å². The van der Waals surface area contributed by atoms with Crippen LogP contribution in [0, 0.1) is 52.3 Å². The van der Waals surface area contributed by atoms with Crippen LogP contribution in [0.1, 0.15) is 112 Å². The molecule has 0 aromatic carbocycles. The molecule has 0 saturated heterocycles. The number of halogens is 1. The summed E-state index contributed by atoms with van der Waals surface area (Å²) < 4.78 is 32.1. The second-order valence-corrected chi connectivity index (χ2v) is 18.3. The fraction of sp³-hybridized carbons (Fsp3) is 0.944. The van der Waals surface area contributed by atoms with E-state index in [2.05, 4.69) is 64.5 Å². The topological polar surface area (TPSA) is 86.6 Å². The third kappa shape index (κ3) is 7.94. The number of hydrogen-bond acceptors (Lipinski definition) is 7. The van der Waals surface area contributed by atoms with Crippen molar-refractivity contribution in [2.45, 2.75) is 149 Å². The average Bonchev–Trinajstić information content (AvgIpc) is 2.99. The van der Waals surface area contributed by atoms with Gasteiger partial charge >= 0.3 is 0 Å². The zero-order chi connectivity index (χ0) is 32.7. The van der Waals surface area contributed by atoms with Crippen molar-refractivity contribution in [3.8, 4) is 0 Å². The highest BCUT2D eigenvalue weighted by molar-refractivity contribution is 14.1. The van der Waals surface area contributed by atoms with Gasteiger partial charge in [-0.1, -0.05) is 54.4 Å². The monoisotopic (exact) mass is 764 g/mol. The first kappa shape index (κ1) is 36.7. The molecule has 7 nitrogen and oxygen atoms in total. The molecule has 14 unspecified atom stereocenters. The Morgan fingerprint density at radius 3 is 2.04 bits per heavy atom. The Kier molecular flexibility index (Phi) is 12.4. The number of rotatable bonds is 8. The SMILES string of the molecule is COC1CC(C2CC(OC)CC(C(C)(C)C)C2OPOC2CCCC3CC4CCCC(O)C4C(O)C32)=C(OI)C(C(C)(C)C)C1. The Bertz CT molecular complexity index is 1010. The maximum atomic E-state index is 11.7. The van der Waals surface area contributed by atoms with Crippen molar-refractivity contribution in [1.29, 1.82) is 0 Å². The summed E-state index contributed by atoms with van der Waals surface area (Å²) in [6.45, 7) is 13.9. The molecule has 5 aliphatic rings. The second kappa shape index (κ2) is 15.1. The molecule has 9 heteroatoms. The van der Waals surface area contributed by atoms with Crippen LogP contribution in [-0.2, 0) is 21.6 Å². The normalized spacial score (nSPS) is 43.3. The summed E-state index contributed by atoms with van der Waals surface area (Å²) in [5.74, 6) is 2.74. The molecule has 5 rings (SSSR count). The van der Waals surface area contributed by atoms with Crippen molar-refractivity contribution in [3.05, 3.63) is 11.3 Å². The van der Waals surface area contributed by atoms with Gasteiger partial charge in [0.05, 0.1) is 36.6 Å². The van der Waals surface area contributed by atoms with Crippen LogP contribution in [0.4, 0.5) is 0 Å². The molecule has 260 valence electrons. The van der Waals surface area contributed by atoms with Crippen molar-refractivity contribution in [2.24, 2.45) is 52.3 Å². The van der Waals surface area contributed by atoms with Gasteiger partial charge in [-0.3, -0.25) is 0 Å². The zero-order valence-electron chi connectivity index (χ0n) is 29.1. The van der Waals surface area contributed by atoms with Gasteiger partial charge < -0.3 is 31.8 Å². The summed E-state index contributed by atoms with van der Waals surface area (Å²) >= 11 is 2.09. The highest BCUT2D eigenvalue weighted by atomic mass is 127. The fourth-order valence-electron chi connectivity index (χ4n) is 10.2. The summed E-state index contributed by atoms with van der Waals surface area (Å²) in [5, 5.41) is 22.6. The van der Waals surface area contributed by atoms with Crippen LogP contribution in [0.15, 0.2) is 11.3 Å². The van der Waals surface area contributed by atoms with Gasteiger partial charge in [-0.25, -0.2) is 0 Å². The lowest BCUT2D eigenvalue weighted by molar-refractivity contribution is -0.148. The van der Waals surface area contributed by atoms with Crippen LogP contribution in [0.2, 0.25) is 0 Å². The van der Waals surface area contributed by atoms with Crippen molar-refractivity contribution >= 4 is 32.0 Å². The Morgan fingerprint density at radius 1 is 0.756 bits per heavy atom. The number of aliphatic hydroxyl groups is 2. The molecular formula is C36H62IO7P. The van der Waals surface area contributed by atoms with E-state index in [1.54, 1.807) is 0 Å². The van der Waals surface area contributed by atoms with Gasteiger partial charge in [0, 0.05) is 37.9 Å². The zero-order valence-corrected chi connectivity index (χ0v) is 32.3. The van der Waals surface area contributed by atoms with Crippen LogP contribution in [-0.4, -0.2) is 61.1 Å². The van der Waals surface area contributed by atoms with Crippen LogP contribution in [0.25, 0.3) is 0 Å². The minimum Gasteiger partial charge on any atom is -0.432 e. The predicted octanol–water partition coefficient (Wildman–Crippen LogP) is 8.40. The number of methoxy groups -OCH3 is 2. The van der Waals surface area contributed by atoms with Crippen LogP contribution < -0.4 is 0 Å². The third-order valence-electron chi connectivity index (χ3n) is 12.6. The average molecular weight is 765 g/mol. The maximum Gasteiger partial charge on any atom is 0.192 e. The molecule has 5 aliphatic carbocycles. The Morgan fingerprint density at radius 2 is 1.42 bits per heavy atom. The molecule has 0 aromatic rings. The standard InChI is InChI=1S/C36H62IO7P/c1-35(2,3)26-18-22(40-7)16-24(33(26)42-37)25-17-23(41-8)19-27(36(4,5)6)34(25)44-45-43-29-14-10-12-21-15-20-11-9-13-28(38)30(20)32(39)31(21)29/h20-23,25-32,34,38-39,45H,9-19H2,1-8H3. The first-order chi connectivity index (χ1) is 21.3. The summed E-state index contributed by atoms with van der Waals surface area (Å²) in [7, 11) is 3.58. The van der Waals surface area contributed by atoms with Crippen molar-refractivity contribution in [1.82, 2.24) is 0 Å². The van der Waals surface area contributed by atoms with Gasteiger partial charge in [0.1, 0.15) is 5.76 Å². The van der Waals surface area contributed by atoms with Crippen molar-refractivity contribution < 1.29 is 31.8 Å². The molecule has 0 spiro atoms. The minimum absolute atomic E-state index is 0.0108. The molecule has 4 fully saturated rings. The van der Waals surface area contributed by atoms with E-state index < -0.39 is 12.2 Å². The molecule has 0 radical (unpaired) electrons. The highest BCUT2D eigenvalue weighted by Crippen LogP contribution is 2.55. The van der Waals surface area contributed by atoms with Crippen molar-refractivity contribution in [3.63, 3.8) is 0 Å². The number of hydrogen-bond donors (Lipinski definition) is 2. The summed E-state index contributed by atoms with van der Waals surface area (Å²) in [5.41, 5.74) is 1.37. The van der Waals surface area contributed by atoms with E-state index in [9.17, 15) is 10.2 Å². The first-order valence-electron chi connectivity index (χ1n) is 17.8. The molecule has 0 heterocycles. The van der Waals surface area contributed by atoms with E-state index in [-0.39, 0.29) is 73.9 Å². The third-order valence-corrected chi connectivity index (χ3v) is 13.9. The Balaban J connectivity index is 1.40.